The normalized spacial score (nSPS) is 13.0. The Bertz CT molecular complexity index is 1040. The van der Waals surface area contributed by atoms with Gasteiger partial charge in [-0.05, 0) is 34.8 Å². The highest BCUT2D eigenvalue weighted by Crippen LogP contribution is 2.32. The number of halogens is 3. The number of alkyl halides is 3. The summed E-state index contributed by atoms with van der Waals surface area (Å²) in [5, 5.41) is 3.72. The van der Waals surface area contributed by atoms with Crippen molar-refractivity contribution in [3.05, 3.63) is 71.8 Å². The predicted octanol–water partition coefficient (Wildman–Crippen LogP) is 5.35. The van der Waals surface area contributed by atoms with Gasteiger partial charge in [-0.3, -0.25) is 4.68 Å². The van der Waals surface area contributed by atoms with Crippen molar-refractivity contribution in [2.45, 2.75) is 26.6 Å². The first kappa shape index (κ1) is 22.7. The van der Waals surface area contributed by atoms with Crippen LogP contribution in [0.2, 0.25) is 0 Å². The molecule has 0 spiro atoms. The lowest BCUT2D eigenvalue weighted by atomic mass is 10.0. The van der Waals surface area contributed by atoms with Crippen LogP contribution in [-0.4, -0.2) is 24.5 Å². The molecule has 0 atom stereocenters. The fourth-order valence-electron chi connectivity index (χ4n) is 2.70. The summed E-state index contributed by atoms with van der Waals surface area (Å²) in [7, 11) is -3.43. The fourth-order valence-corrected chi connectivity index (χ4v) is 3.36. The van der Waals surface area contributed by atoms with Crippen LogP contribution in [0, 0.1) is 5.92 Å². The molecule has 2 rings (SSSR count). The lowest BCUT2D eigenvalue weighted by Crippen LogP contribution is -2.11. The van der Waals surface area contributed by atoms with Gasteiger partial charge < -0.3 is 0 Å². The van der Waals surface area contributed by atoms with Crippen LogP contribution in [0.25, 0.3) is 16.8 Å². The highest BCUT2D eigenvalue weighted by molar-refractivity contribution is 7.94. The van der Waals surface area contributed by atoms with Gasteiger partial charge in [-0.15, -0.1) is 0 Å². The Balaban J connectivity index is 2.42. The van der Waals surface area contributed by atoms with E-state index >= 15 is 0 Å². The van der Waals surface area contributed by atoms with Crippen molar-refractivity contribution in [2.75, 3.05) is 6.26 Å². The smallest absolute Gasteiger partial charge is 0.264 e. The molecule has 0 aliphatic heterocycles. The standard InChI is InChI=1S/C21H23F3N2O2S/c1-6-18(29(5,27)28)11-15(4)16-7-9-17(10-8-16)19-12-20(21(22,23)24)25-26(19)13-14(2)3/h6-12,14H,1,4,13H2,2-3,5H3/b18-11+. The van der Waals surface area contributed by atoms with Crippen LogP contribution in [0.15, 0.2) is 60.5 Å². The number of hydrogen-bond acceptors (Lipinski definition) is 3. The van der Waals surface area contributed by atoms with Gasteiger partial charge in [0.05, 0.1) is 10.6 Å². The summed E-state index contributed by atoms with van der Waals surface area (Å²) in [6.07, 6.45) is -0.812. The molecule has 0 bridgehead atoms. The molecule has 0 fully saturated rings. The first-order chi connectivity index (χ1) is 13.3. The number of aromatic nitrogens is 2. The fraction of sp³-hybridized carbons (Fsp3) is 0.286. The van der Waals surface area contributed by atoms with Gasteiger partial charge in [-0.25, -0.2) is 8.42 Å². The van der Waals surface area contributed by atoms with Crippen molar-refractivity contribution >= 4 is 15.4 Å². The number of allylic oxidation sites excluding steroid dienone is 3. The molecule has 0 aliphatic rings. The Morgan fingerprint density at radius 1 is 1.24 bits per heavy atom. The van der Waals surface area contributed by atoms with Crippen molar-refractivity contribution in [3.63, 3.8) is 0 Å². The first-order valence-corrected chi connectivity index (χ1v) is 10.7. The molecule has 8 heteroatoms. The molecule has 0 saturated carbocycles. The average Bonchev–Trinajstić information content (AvgIpc) is 3.02. The van der Waals surface area contributed by atoms with Crippen LogP contribution >= 0.6 is 0 Å². The van der Waals surface area contributed by atoms with Crippen molar-refractivity contribution in [1.82, 2.24) is 9.78 Å². The minimum absolute atomic E-state index is 0.0383. The van der Waals surface area contributed by atoms with E-state index in [2.05, 4.69) is 18.3 Å². The lowest BCUT2D eigenvalue weighted by molar-refractivity contribution is -0.141. The Hall–Kier alpha value is -2.61. The lowest BCUT2D eigenvalue weighted by Gasteiger charge is -2.11. The zero-order valence-electron chi connectivity index (χ0n) is 16.5. The zero-order chi connectivity index (χ0) is 22.0. The van der Waals surface area contributed by atoms with Crippen LogP contribution in [-0.2, 0) is 22.6 Å². The summed E-state index contributed by atoms with van der Waals surface area (Å²) < 4.78 is 64.1. The van der Waals surface area contributed by atoms with Crippen LogP contribution in [0.5, 0.6) is 0 Å². The quantitative estimate of drug-likeness (QED) is 0.563. The van der Waals surface area contributed by atoms with Gasteiger partial charge in [0.1, 0.15) is 0 Å². The third kappa shape index (κ3) is 5.69. The highest BCUT2D eigenvalue weighted by atomic mass is 32.2. The molecular weight excluding hydrogens is 401 g/mol. The van der Waals surface area contributed by atoms with E-state index in [1.165, 1.54) is 16.8 Å². The predicted molar refractivity (Wildman–Crippen MR) is 110 cm³/mol. The molecule has 156 valence electrons. The molecule has 0 amide bonds. The second-order valence-electron chi connectivity index (χ2n) is 7.11. The van der Waals surface area contributed by atoms with E-state index in [0.29, 0.717) is 28.9 Å². The third-order valence-corrected chi connectivity index (χ3v) is 5.25. The zero-order valence-corrected chi connectivity index (χ0v) is 17.3. The molecule has 0 radical (unpaired) electrons. The molecule has 2 aromatic rings. The molecule has 1 heterocycles. The second-order valence-corrected chi connectivity index (χ2v) is 9.13. The SMILES string of the molecule is C=C/C(=C\C(=C)c1ccc(-c2cc(C(F)(F)F)nn2CC(C)C)cc1)S(C)(=O)=O. The van der Waals surface area contributed by atoms with E-state index in [1.807, 2.05) is 13.8 Å². The maximum Gasteiger partial charge on any atom is 0.435 e. The molecule has 0 unspecified atom stereocenters. The third-order valence-electron chi connectivity index (χ3n) is 4.11. The van der Waals surface area contributed by atoms with Crippen molar-refractivity contribution in [1.29, 1.82) is 0 Å². The minimum Gasteiger partial charge on any atom is -0.264 e. The summed E-state index contributed by atoms with van der Waals surface area (Å²) in [6.45, 7) is 11.5. The van der Waals surface area contributed by atoms with E-state index in [-0.39, 0.29) is 10.8 Å². The molecule has 0 saturated heterocycles. The van der Waals surface area contributed by atoms with Gasteiger partial charge >= 0.3 is 6.18 Å². The molecular formula is C21H23F3N2O2S. The maximum absolute atomic E-state index is 13.1. The van der Waals surface area contributed by atoms with Gasteiger partial charge in [-0.2, -0.15) is 18.3 Å². The second kappa shape index (κ2) is 8.41. The maximum atomic E-state index is 13.1. The minimum atomic E-state index is -4.53. The molecule has 29 heavy (non-hydrogen) atoms. The summed E-state index contributed by atoms with van der Waals surface area (Å²) in [5.74, 6) is 0.118. The van der Waals surface area contributed by atoms with Crippen LogP contribution in [0.4, 0.5) is 13.2 Å². The Labute approximate surface area is 169 Å². The van der Waals surface area contributed by atoms with Gasteiger partial charge in [0.15, 0.2) is 15.5 Å². The largest absolute Gasteiger partial charge is 0.435 e. The van der Waals surface area contributed by atoms with Crippen molar-refractivity contribution in [3.8, 4) is 11.3 Å². The van der Waals surface area contributed by atoms with E-state index < -0.39 is 21.7 Å². The van der Waals surface area contributed by atoms with Crippen LogP contribution in [0.1, 0.15) is 25.1 Å². The average molecular weight is 424 g/mol. The van der Waals surface area contributed by atoms with Crippen LogP contribution in [0.3, 0.4) is 0 Å². The Morgan fingerprint density at radius 2 is 1.83 bits per heavy atom. The van der Waals surface area contributed by atoms with E-state index in [4.69, 9.17) is 0 Å². The van der Waals surface area contributed by atoms with E-state index in [9.17, 15) is 21.6 Å². The number of sulfone groups is 1. The van der Waals surface area contributed by atoms with E-state index in [1.54, 1.807) is 24.3 Å². The first-order valence-electron chi connectivity index (χ1n) is 8.82. The summed E-state index contributed by atoms with van der Waals surface area (Å²) in [5.41, 5.74) is 1.09. The highest BCUT2D eigenvalue weighted by Gasteiger charge is 2.35. The number of rotatable bonds is 7. The van der Waals surface area contributed by atoms with Crippen LogP contribution < -0.4 is 0 Å². The molecule has 0 N–H and O–H groups in total. The van der Waals surface area contributed by atoms with Gasteiger partial charge in [0.2, 0.25) is 0 Å². The molecule has 1 aromatic heterocycles. The summed E-state index contributed by atoms with van der Waals surface area (Å²) in [6, 6.07) is 7.71. The monoisotopic (exact) mass is 424 g/mol. The Morgan fingerprint density at radius 3 is 2.28 bits per heavy atom. The number of hydrogen-bond donors (Lipinski definition) is 0. The van der Waals surface area contributed by atoms with Gasteiger partial charge in [-0.1, -0.05) is 57.3 Å². The topological polar surface area (TPSA) is 52.0 Å². The Kier molecular flexibility index (Phi) is 6.57. The molecule has 0 aliphatic carbocycles. The van der Waals surface area contributed by atoms with Crippen molar-refractivity contribution < 1.29 is 21.6 Å². The number of benzene rings is 1. The van der Waals surface area contributed by atoms with Gasteiger partial charge in [0.25, 0.3) is 0 Å². The van der Waals surface area contributed by atoms with Gasteiger partial charge in [0, 0.05) is 12.8 Å². The van der Waals surface area contributed by atoms with Crippen molar-refractivity contribution in [2.24, 2.45) is 5.92 Å². The number of nitrogens with zero attached hydrogens (tertiary/aromatic N) is 2. The summed E-state index contributed by atoms with van der Waals surface area (Å²) in [4.78, 5) is 0.0383. The molecule has 4 nitrogen and oxygen atoms in total. The molecule has 1 aromatic carbocycles. The summed E-state index contributed by atoms with van der Waals surface area (Å²) >= 11 is 0. The van der Waals surface area contributed by atoms with E-state index in [0.717, 1.165) is 12.3 Å².